The van der Waals surface area contributed by atoms with E-state index in [1.54, 1.807) is 0 Å². The van der Waals surface area contributed by atoms with Crippen molar-refractivity contribution >= 4 is 11.6 Å². The summed E-state index contributed by atoms with van der Waals surface area (Å²) in [7, 11) is 0. The van der Waals surface area contributed by atoms with Crippen LogP contribution < -0.4 is 10.2 Å². The normalized spacial score (nSPS) is 17.9. The molecule has 6 nitrogen and oxygen atoms in total. The highest BCUT2D eigenvalue weighted by Crippen LogP contribution is 2.28. The van der Waals surface area contributed by atoms with Gasteiger partial charge in [-0.15, -0.1) is 0 Å². The Hall–Kier alpha value is -2.08. The number of hydrogen-bond donors (Lipinski definition) is 1. The Morgan fingerprint density at radius 2 is 2.10 bits per heavy atom. The first kappa shape index (κ1) is 11.7. The molecule has 6 heteroatoms. The molecule has 0 radical (unpaired) electrons. The second-order valence-electron chi connectivity index (χ2n) is 5.05. The van der Waals surface area contributed by atoms with Crippen LogP contribution in [-0.4, -0.2) is 43.0 Å². The lowest BCUT2D eigenvalue weighted by Gasteiger charge is -2.24. The van der Waals surface area contributed by atoms with E-state index in [1.165, 1.54) is 11.3 Å². The zero-order valence-corrected chi connectivity index (χ0v) is 11.1. The first-order chi connectivity index (χ1) is 9.90. The third-order valence-corrected chi connectivity index (χ3v) is 3.77. The van der Waals surface area contributed by atoms with Crippen molar-refractivity contribution in [2.24, 2.45) is 0 Å². The molecule has 104 valence electrons. The molecule has 1 N–H and O–H groups in total. The number of ether oxygens (including phenoxy) is 1. The molecule has 2 aromatic rings. The van der Waals surface area contributed by atoms with Crippen molar-refractivity contribution in [2.45, 2.75) is 6.42 Å². The van der Waals surface area contributed by atoms with Gasteiger partial charge in [0, 0.05) is 30.9 Å². The van der Waals surface area contributed by atoms with Crippen LogP contribution in [0.2, 0.25) is 0 Å². The molecule has 0 atom stereocenters. The summed E-state index contributed by atoms with van der Waals surface area (Å²) in [6.45, 7) is 4.06. The predicted octanol–water partition coefficient (Wildman–Crippen LogP) is 1.54. The molecule has 1 saturated heterocycles. The van der Waals surface area contributed by atoms with E-state index in [1.807, 2.05) is 6.07 Å². The quantitative estimate of drug-likeness (QED) is 0.894. The van der Waals surface area contributed by atoms with Gasteiger partial charge in [0.05, 0.1) is 13.2 Å². The zero-order chi connectivity index (χ0) is 13.4. The fourth-order valence-corrected chi connectivity index (χ4v) is 2.66. The molecule has 1 aromatic carbocycles. The van der Waals surface area contributed by atoms with Crippen LogP contribution >= 0.6 is 0 Å². The monoisotopic (exact) mass is 272 g/mol. The Kier molecular flexibility index (Phi) is 2.81. The molecule has 0 amide bonds. The minimum atomic E-state index is 0.584. The second-order valence-corrected chi connectivity index (χ2v) is 5.05. The van der Waals surface area contributed by atoms with Crippen LogP contribution in [0.5, 0.6) is 0 Å². The van der Waals surface area contributed by atoms with Gasteiger partial charge in [-0.1, -0.05) is 0 Å². The second kappa shape index (κ2) is 4.79. The van der Waals surface area contributed by atoms with E-state index in [9.17, 15) is 0 Å². The van der Waals surface area contributed by atoms with Crippen LogP contribution in [0.15, 0.2) is 22.7 Å². The van der Waals surface area contributed by atoms with Gasteiger partial charge < -0.3 is 19.5 Å². The first-order valence-corrected chi connectivity index (χ1v) is 6.94. The number of rotatable bonds is 2. The summed E-state index contributed by atoms with van der Waals surface area (Å²) >= 11 is 0. The SMILES string of the molecule is c1cc2c(cc1-c1nc(N3CCOCC3)no1)CCN2. The number of hydrogen-bond acceptors (Lipinski definition) is 6. The molecule has 2 aliphatic rings. The molecular weight excluding hydrogens is 256 g/mol. The van der Waals surface area contributed by atoms with E-state index in [2.05, 4.69) is 32.5 Å². The number of benzene rings is 1. The molecule has 1 aromatic heterocycles. The summed E-state index contributed by atoms with van der Waals surface area (Å²) < 4.78 is 10.7. The average Bonchev–Trinajstić information content (AvgIpc) is 3.16. The van der Waals surface area contributed by atoms with Gasteiger partial charge in [0.2, 0.25) is 0 Å². The van der Waals surface area contributed by atoms with Crippen molar-refractivity contribution in [3.05, 3.63) is 23.8 Å². The van der Waals surface area contributed by atoms with Gasteiger partial charge in [-0.05, 0) is 35.3 Å². The van der Waals surface area contributed by atoms with Gasteiger partial charge >= 0.3 is 0 Å². The predicted molar refractivity (Wildman–Crippen MR) is 75.0 cm³/mol. The molecule has 0 spiro atoms. The lowest BCUT2D eigenvalue weighted by atomic mass is 10.1. The molecule has 3 heterocycles. The molecule has 0 aliphatic carbocycles. The lowest BCUT2D eigenvalue weighted by Crippen LogP contribution is -2.36. The van der Waals surface area contributed by atoms with Crippen LogP contribution in [-0.2, 0) is 11.2 Å². The van der Waals surface area contributed by atoms with E-state index in [-0.39, 0.29) is 0 Å². The van der Waals surface area contributed by atoms with Crippen molar-refractivity contribution in [1.29, 1.82) is 0 Å². The highest BCUT2D eigenvalue weighted by atomic mass is 16.5. The third kappa shape index (κ3) is 2.02. The largest absolute Gasteiger partial charge is 0.384 e. The van der Waals surface area contributed by atoms with Gasteiger partial charge in [-0.2, -0.15) is 4.98 Å². The van der Waals surface area contributed by atoms with Crippen LogP contribution in [0.4, 0.5) is 11.6 Å². The summed E-state index contributed by atoms with van der Waals surface area (Å²) in [4.78, 5) is 6.59. The Morgan fingerprint density at radius 3 is 3.00 bits per heavy atom. The Balaban J connectivity index is 1.61. The first-order valence-electron chi connectivity index (χ1n) is 6.94. The molecule has 4 rings (SSSR count). The third-order valence-electron chi connectivity index (χ3n) is 3.77. The number of nitrogens with one attached hydrogen (secondary N) is 1. The van der Waals surface area contributed by atoms with Crippen molar-refractivity contribution in [3.63, 3.8) is 0 Å². The van der Waals surface area contributed by atoms with E-state index in [0.29, 0.717) is 25.1 Å². The van der Waals surface area contributed by atoms with Crippen LogP contribution in [0, 0.1) is 0 Å². The molecule has 20 heavy (non-hydrogen) atoms. The Morgan fingerprint density at radius 1 is 1.20 bits per heavy atom. The smallest absolute Gasteiger partial charge is 0.266 e. The number of nitrogens with zero attached hydrogens (tertiary/aromatic N) is 3. The minimum absolute atomic E-state index is 0.584. The summed E-state index contributed by atoms with van der Waals surface area (Å²) in [5.74, 6) is 1.24. The summed E-state index contributed by atoms with van der Waals surface area (Å²) in [6.07, 6.45) is 1.05. The maximum Gasteiger partial charge on any atom is 0.266 e. The standard InChI is InChI=1S/C14H16N4O2/c1-2-12-10(3-4-15-12)9-11(1)13-16-14(17-20-13)18-5-7-19-8-6-18/h1-2,9,15H,3-8H2. The number of fused-ring (bicyclic) bond motifs is 1. The van der Waals surface area contributed by atoms with E-state index < -0.39 is 0 Å². The maximum atomic E-state index is 5.40. The maximum absolute atomic E-state index is 5.40. The molecule has 0 saturated carbocycles. The minimum Gasteiger partial charge on any atom is -0.384 e. The molecule has 2 aliphatic heterocycles. The number of anilines is 2. The van der Waals surface area contributed by atoms with E-state index >= 15 is 0 Å². The van der Waals surface area contributed by atoms with E-state index in [4.69, 9.17) is 9.26 Å². The van der Waals surface area contributed by atoms with Crippen molar-refractivity contribution < 1.29 is 9.26 Å². The van der Waals surface area contributed by atoms with Gasteiger partial charge in [0.25, 0.3) is 11.8 Å². The topological polar surface area (TPSA) is 63.4 Å². The van der Waals surface area contributed by atoms with Gasteiger partial charge in [0.1, 0.15) is 0 Å². The van der Waals surface area contributed by atoms with E-state index in [0.717, 1.165) is 31.6 Å². The van der Waals surface area contributed by atoms with Gasteiger partial charge in [-0.3, -0.25) is 0 Å². The molecular formula is C14H16N4O2. The number of morpholine rings is 1. The fraction of sp³-hybridized carbons (Fsp3) is 0.429. The lowest BCUT2D eigenvalue weighted by molar-refractivity contribution is 0.121. The summed E-state index contributed by atoms with van der Waals surface area (Å²) in [5, 5.41) is 7.43. The van der Waals surface area contributed by atoms with Crippen molar-refractivity contribution in [1.82, 2.24) is 10.1 Å². The number of aromatic nitrogens is 2. The van der Waals surface area contributed by atoms with Crippen molar-refractivity contribution in [3.8, 4) is 11.5 Å². The highest BCUT2D eigenvalue weighted by Gasteiger charge is 2.19. The van der Waals surface area contributed by atoms with Gasteiger partial charge in [0.15, 0.2) is 0 Å². The van der Waals surface area contributed by atoms with Crippen LogP contribution in [0.25, 0.3) is 11.5 Å². The summed E-state index contributed by atoms with van der Waals surface area (Å²) in [6, 6.07) is 6.23. The zero-order valence-electron chi connectivity index (χ0n) is 11.1. The molecule has 0 bridgehead atoms. The Bertz CT molecular complexity index is 619. The Labute approximate surface area is 116 Å². The fourth-order valence-electron chi connectivity index (χ4n) is 2.66. The van der Waals surface area contributed by atoms with Crippen LogP contribution in [0.3, 0.4) is 0 Å². The summed E-state index contributed by atoms with van der Waals surface area (Å²) in [5.41, 5.74) is 3.51. The van der Waals surface area contributed by atoms with Crippen LogP contribution in [0.1, 0.15) is 5.56 Å². The molecule has 1 fully saturated rings. The average molecular weight is 272 g/mol. The highest BCUT2D eigenvalue weighted by molar-refractivity contribution is 5.65. The van der Waals surface area contributed by atoms with Crippen molar-refractivity contribution in [2.75, 3.05) is 43.1 Å². The van der Waals surface area contributed by atoms with Gasteiger partial charge in [-0.25, -0.2) is 0 Å². The molecule has 0 unspecified atom stereocenters.